The van der Waals surface area contributed by atoms with Crippen LogP contribution in [0.15, 0.2) is 18.2 Å². The number of hydrogen-bond donors (Lipinski definition) is 0. The normalized spacial score (nSPS) is 11.6. The van der Waals surface area contributed by atoms with Crippen molar-refractivity contribution in [3.05, 3.63) is 34.9 Å². The Morgan fingerprint density at radius 1 is 1.22 bits per heavy atom. The Labute approximate surface area is 112 Å². The molecule has 0 saturated heterocycles. The molecule has 0 aromatic heterocycles. The van der Waals surface area contributed by atoms with Gasteiger partial charge in [0.15, 0.2) is 0 Å². The van der Waals surface area contributed by atoms with E-state index in [4.69, 9.17) is 0 Å². The second-order valence-electron chi connectivity index (χ2n) is 6.77. The molecule has 0 atom stereocenters. The molecular formula is C17H25N. The molecule has 0 saturated carbocycles. The summed E-state index contributed by atoms with van der Waals surface area (Å²) in [5, 5.41) is 9.26. The van der Waals surface area contributed by atoms with E-state index in [1.165, 1.54) is 11.1 Å². The molecule has 0 amide bonds. The lowest BCUT2D eigenvalue weighted by molar-refractivity contribution is 0.411. The quantitative estimate of drug-likeness (QED) is 0.749. The molecule has 0 aliphatic carbocycles. The average molecular weight is 243 g/mol. The number of nitriles is 1. The first-order valence-electron chi connectivity index (χ1n) is 6.84. The van der Waals surface area contributed by atoms with Crippen molar-refractivity contribution in [2.75, 3.05) is 0 Å². The highest BCUT2D eigenvalue weighted by atomic mass is 14.3. The molecule has 0 unspecified atom stereocenters. The van der Waals surface area contributed by atoms with Crippen LogP contribution in [0.4, 0.5) is 0 Å². The zero-order valence-corrected chi connectivity index (χ0v) is 12.4. The molecule has 0 spiro atoms. The first-order chi connectivity index (χ1) is 8.31. The largest absolute Gasteiger partial charge is 0.192 e. The maximum Gasteiger partial charge on any atom is 0.0994 e. The van der Waals surface area contributed by atoms with Crippen LogP contribution in [0.5, 0.6) is 0 Å². The zero-order chi connectivity index (χ0) is 13.8. The van der Waals surface area contributed by atoms with E-state index in [0.29, 0.717) is 5.92 Å². The Bertz CT molecular complexity index is 430. The van der Waals surface area contributed by atoms with Gasteiger partial charge in [0.1, 0.15) is 0 Å². The molecule has 0 aliphatic rings. The molecular weight excluding hydrogens is 218 g/mol. The summed E-state index contributed by atoms with van der Waals surface area (Å²) in [6, 6.07) is 8.74. The summed E-state index contributed by atoms with van der Waals surface area (Å²) < 4.78 is 0. The van der Waals surface area contributed by atoms with Crippen molar-refractivity contribution in [1.29, 1.82) is 5.26 Å². The van der Waals surface area contributed by atoms with Crippen LogP contribution >= 0.6 is 0 Å². The topological polar surface area (TPSA) is 23.8 Å². The van der Waals surface area contributed by atoms with Gasteiger partial charge in [0.2, 0.25) is 0 Å². The van der Waals surface area contributed by atoms with Crippen molar-refractivity contribution in [1.82, 2.24) is 0 Å². The summed E-state index contributed by atoms with van der Waals surface area (Å²) >= 11 is 0. The maximum atomic E-state index is 9.26. The predicted octanol–water partition coefficient (Wildman–Crippen LogP) is 4.74. The van der Waals surface area contributed by atoms with Gasteiger partial charge in [-0.15, -0.1) is 0 Å². The number of benzene rings is 1. The fourth-order valence-electron chi connectivity index (χ4n) is 2.11. The number of aryl methyl sites for hydroxylation is 1. The Kier molecular flexibility index (Phi) is 4.96. The molecule has 98 valence electrons. The molecule has 1 aromatic carbocycles. The van der Waals surface area contributed by atoms with Gasteiger partial charge >= 0.3 is 0 Å². The highest BCUT2D eigenvalue weighted by Gasteiger charge is 2.12. The monoisotopic (exact) mass is 243 g/mol. The lowest BCUT2D eigenvalue weighted by Gasteiger charge is -2.18. The third-order valence-corrected chi connectivity index (χ3v) is 3.02. The summed E-state index contributed by atoms with van der Waals surface area (Å²) in [5.41, 5.74) is 3.60. The Morgan fingerprint density at radius 2 is 1.89 bits per heavy atom. The molecule has 1 heteroatoms. The summed E-state index contributed by atoms with van der Waals surface area (Å²) in [4.78, 5) is 0. The van der Waals surface area contributed by atoms with E-state index in [1.54, 1.807) is 0 Å². The molecule has 1 rings (SSSR count). The van der Waals surface area contributed by atoms with Crippen molar-refractivity contribution >= 4 is 0 Å². The van der Waals surface area contributed by atoms with Crippen LogP contribution in [0.1, 0.15) is 57.7 Å². The van der Waals surface area contributed by atoms with Crippen molar-refractivity contribution in [3.63, 3.8) is 0 Å². The van der Waals surface area contributed by atoms with Crippen molar-refractivity contribution in [2.24, 2.45) is 11.3 Å². The summed E-state index contributed by atoms with van der Waals surface area (Å²) in [5.74, 6) is 0.686. The minimum Gasteiger partial charge on any atom is -0.192 e. The molecule has 0 fully saturated rings. The first-order valence-corrected chi connectivity index (χ1v) is 6.84. The van der Waals surface area contributed by atoms with Crippen LogP contribution in [-0.4, -0.2) is 0 Å². The molecule has 1 nitrogen and oxygen atoms in total. The van der Waals surface area contributed by atoms with Crippen LogP contribution in [0.2, 0.25) is 0 Å². The molecule has 0 bridgehead atoms. The Morgan fingerprint density at radius 3 is 2.39 bits per heavy atom. The second-order valence-corrected chi connectivity index (χ2v) is 6.77. The maximum absolute atomic E-state index is 9.26. The van der Waals surface area contributed by atoms with Crippen molar-refractivity contribution in [3.8, 4) is 6.07 Å². The molecule has 0 heterocycles. The van der Waals surface area contributed by atoms with Gasteiger partial charge in [-0.2, -0.15) is 5.26 Å². The number of rotatable bonds is 4. The van der Waals surface area contributed by atoms with Gasteiger partial charge in [-0.3, -0.25) is 0 Å². The third kappa shape index (κ3) is 4.92. The Hall–Kier alpha value is -1.29. The van der Waals surface area contributed by atoms with E-state index in [9.17, 15) is 5.26 Å². The van der Waals surface area contributed by atoms with E-state index >= 15 is 0 Å². The molecule has 0 aliphatic heterocycles. The van der Waals surface area contributed by atoms with Gasteiger partial charge < -0.3 is 0 Å². The Balaban J connectivity index is 2.87. The van der Waals surface area contributed by atoms with E-state index in [1.807, 2.05) is 0 Å². The average Bonchev–Trinajstić information content (AvgIpc) is 2.24. The highest BCUT2D eigenvalue weighted by molar-refractivity contribution is 5.41. The zero-order valence-electron chi connectivity index (χ0n) is 12.4. The second kappa shape index (κ2) is 6.05. The summed E-state index contributed by atoms with van der Waals surface area (Å²) in [6.45, 7) is 11.1. The van der Waals surface area contributed by atoms with Gasteiger partial charge in [-0.05, 0) is 47.8 Å². The highest BCUT2D eigenvalue weighted by Crippen LogP contribution is 2.23. The van der Waals surface area contributed by atoms with Crippen LogP contribution in [0.3, 0.4) is 0 Å². The summed E-state index contributed by atoms with van der Waals surface area (Å²) in [7, 11) is 0. The van der Waals surface area contributed by atoms with Crippen LogP contribution in [0, 0.1) is 22.7 Å². The fraction of sp³-hybridized carbons (Fsp3) is 0.588. The van der Waals surface area contributed by atoms with E-state index in [2.05, 4.69) is 58.9 Å². The molecule has 18 heavy (non-hydrogen) atoms. The number of hydrogen-bond acceptors (Lipinski definition) is 1. The standard InChI is InChI=1S/C17H25N/c1-13(2)6-8-15-9-7-14(10-16(15)12-18)11-17(3,4)5/h7,9-10,13H,6,8,11H2,1-5H3. The van der Waals surface area contributed by atoms with Crippen LogP contribution in [0.25, 0.3) is 0 Å². The predicted molar refractivity (Wildman–Crippen MR) is 77.5 cm³/mol. The fourth-order valence-corrected chi connectivity index (χ4v) is 2.11. The lowest BCUT2D eigenvalue weighted by Crippen LogP contribution is -2.09. The van der Waals surface area contributed by atoms with Crippen LogP contribution < -0.4 is 0 Å². The first kappa shape index (κ1) is 14.8. The third-order valence-electron chi connectivity index (χ3n) is 3.02. The van der Waals surface area contributed by atoms with E-state index in [-0.39, 0.29) is 5.41 Å². The van der Waals surface area contributed by atoms with Crippen molar-refractivity contribution in [2.45, 2.75) is 53.9 Å². The SMILES string of the molecule is CC(C)CCc1ccc(CC(C)(C)C)cc1C#N. The van der Waals surface area contributed by atoms with Gasteiger partial charge in [0, 0.05) is 0 Å². The van der Waals surface area contributed by atoms with Gasteiger partial charge in [0.05, 0.1) is 11.6 Å². The minimum absolute atomic E-state index is 0.270. The number of nitrogens with zero attached hydrogens (tertiary/aromatic N) is 1. The summed E-state index contributed by atoms with van der Waals surface area (Å²) in [6.07, 6.45) is 3.18. The smallest absolute Gasteiger partial charge is 0.0994 e. The molecule has 0 radical (unpaired) electrons. The minimum atomic E-state index is 0.270. The van der Waals surface area contributed by atoms with Crippen molar-refractivity contribution < 1.29 is 0 Å². The van der Waals surface area contributed by atoms with E-state index in [0.717, 1.165) is 24.8 Å². The van der Waals surface area contributed by atoms with Gasteiger partial charge in [0.25, 0.3) is 0 Å². The molecule has 0 N–H and O–H groups in total. The van der Waals surface area contributed by atoms with Gasteiger partial charge in [-0.1, -0.05) is 46.8 Å². The van der Waals surface area contributed by atoms with Crippen LogP contribution in [-0.2, 0) is 12.8 Å². The lowest BCUT2D eigenvalue weighted by atomic mass is 9.86. The van der Waals surface area contributed by atoms with Gasteiger partial charge in [-0.25, -0.2) is 0 Å². The molecule has 1 aromatic rings. The van der Waals surface area contributed by atoms with E-state index < -0.39 is 0 Å².